The van der Waals surface area contributed by atoms with Gasteiger partial charge < -0.3 is 20.7 Å². The molecule has 1 aliphatic rings. The first-order chi connectivity index (χ1) is 13.0. The van der Waals surface area contributed by atoms with E-state index in [4.69, 9.17) is 27.9 Å². The summed E-state index contributed by atoms with van der Waals surface area (Å²) in [6.07, 6.45) is 2.09. The molecule has 3 amide bonds. The van der Waals surface area contributed by atoms with Gasteiger partial charge in [0.25, 0.3) is 5.91 Å². The van der Waals surface area contributed by atoms with Gasteiger partial charge in [-0.2, -0.15) is 0 Å². The summed E-state index contributed by atoms with van der Waals surface area (Å²) in [5, 5.41) is 9.01. The van der Waals surface area contributed by atoms with E-state index in [1.54, 1.807) is 36.4 Å². The van der Waals surface area contributed by atoms with Gasteiger partial charge >= 0.3 is 6.03 Å². The lowest BCUT2D eigenvalue weighted by molar-refractivity contribution is 0.102. The third kappa shape index (κ3) is 5.60. The fourth-order valence-corrected chi connectivity index (χ4v) is 3.19. The van der Waals surface area contributed by atoms with Crippen LogP contribution in [0.25, 0.3) is 0 Å². The summed E-state index contributed by atoms with van der Waals surface area (Å²) in [5.74, 6) is -0.341. The van der Waals surface area contributed by atoms with Crippen molar-refractivity contribution in [1.29, 1.82) is 0 Å². The van der Waals surface area contributed by atoms with Crippen LogP contribution in [0, 0.1) is 0 Å². The van der Waals surface area contributed by atoms with Gasteiger partial charge in [-0.05, 0) is 55.3 Å². The van der Waals surface area contributed by atoms with Crippen LogP contribution in [0.4, 0.5) is 16.2 Å². The minimum absolute atomic E-state index is 0.0908. The Kier molecular flexibility index (Phi) is 6.55. The third-order valence-electron chi connectivity index (χ3n) is 4.09. The van der Waals surface area contributed by atoms with Crippen LogP contribution in [0.2, 0.25) is 10.0 Å². The highest BCUT2D eigenvalue weighted by Gasteiger charge is 2.16. The zero-order chi connectivity index (χ0) is 19.2. The molecule has 1 unspecified atom stereocenters. The van der Waals surface area contributed by atoms with Crippen molar-refractivity contribution in [1.82, 2.24) is 5.32 Å². The zero-order valence-electron chi connectivity index (χ0n) is 14.4. The number of amides is 3. The Hall–Kier alpha value is -2.28. The number of halogens is 2. The summed E-state index contributed by atoms with van der Waals surface area (Å²) in [7, 11) is 0. The number of benzene rings is 2. The van der Waals surface area contributed by atoms with E-state index >= 15 is 0 Å². The number of hydrogen-bond acceptors (Lipinski definition) is 3. The van der Waals surface area contributed by atoms with E-state index in [-0.39, 0.29) is 23.1 Å². The molecule has 2 aromatic rings. The molecule has 0 aliphatic carbocycles. The summed E-state index contributed by atoms with van der Waals surface area (Å²) in [6, 6.07) is 11.2. The minimum atomic E-state index is -0.341. The SMILES string of the molecule is O=C(NCC1CCCO1)Nc1ccc(NC(=O)c2ccc(Cl)cc2Cl)cc1. The molecule has 2 aromatic carbocycles. The first kappa shape index (κ1) is 19.5. The van der Waals surface area contributed by atoms with Crippen LogP contribution in [-0.4, -0.2) is 31.2 Å². The van der Waals surface area contributed by atoms with Crippen molar-refractivity contribution in [3.63, 3.8) is 0 Å². The summed E-state index contributed by atoms with van der Waals surface area (Å²) in [5.41, 5.74) is 1.52. The maximum atomic E-state index is 12.3. The Balaban J connectivity index is 1.52. The van der Waals surface area contributed by atoms with Crippen LogP contribution in [0.3, 0.4) is 0 Å². The van der Waals surface area contributed by atoms with Crippen LogP contribution >= 0.6 is 23.2 Å². The van der Waals surface area contributed by atoms with Gasteiger partial charge in [0, 0.05) is 29.5 Å². The van der Waals surface area contributed by atoms with Gasteiger partial charge in [-0.1, -0.05) is 23.2 Å². The zero-order valence-corrected chi connectivity index (χ0v) is 15.9. The number of ether oxygens (including phenoxy) is 1. The number of carbonyl (C=O) groups excluding carboxylic acids is 2. The number of hydrogen-bond donors (Lipinski definition) is 3. The molecule has 3 rings (SSSR count). The molecule has 0 aromatic heterocycles. The molecule has 6 nitrogen and oxygen atoms in total. The largest absolute Gasteiger partial charge is 0.376 e. The van der Waals surface area contributed by atoms with E-state index in [9.17, 15) is 9.59 Å². The van der Waals surface area contributed by atoms with Crippen LogP contribution < -0.4 is 16.0 Å². The maximum Gasteiger partial charge on any atom is 0.319 e. The third-order valence-corrected chi connectivity index (χ3v) is 4.64. The predicted octanol–water partition coefficient (Wildman–Crippen LogP) is 4.55. The Morgan fingerprint density at radius 3 is 2.37 bits per heavy atom. The maximum absolute atomic E-state index is 12.3. The molecule has 0 bridgehead atoms. The van der Waals surface area contributed by atoms with Gasteiger partial charge in [-0.3, -0.25) is 4.79 Å². The van der Waals surface area contributed by atoms with Gasteiger partial charge in [0.15, 0.2) is 0 Å². The number of nitrogens with one attached hydrogen (secondary N) is 3. The second-order valence-corrected chi connectivity index (χ2v) is 6.97. The molecule has 0 spiro atoms. The van der Waals surface area contributed by atoms with Crippen molar-refractivity contribution in [3.05, 3.63) is 58.1 Å². The quantitative estimate of drug-likeness (QED) is 0.679. The molecule has 1 saturated heterocycles. The van der Waals surface area contributed by atoms with Gasteiger partial charge in [0.05, 0.1) is 16.7 Å². The molecule has 1 aliphatic heterocycles. The van der Waals surface area contributed by atoms with Crippen molar-refractivity contribution in [2.45, 2.75) is 18.9 Å². The summed E-state index contributed by atoms with van der Waals surface area (Å²) >= 11 is 11.9. The van der Waals surface area contributed by atoms with E-state index < -0.39 is 0 Å². The summed E-state index contributed by atoms with van der Waals surface area (Å²) in [6.45, 7) is 1.24. The second kappa shape index (κ2) is 9.08. The molecule has 8 heteroatoms. The van der Waals surface area contributed by atoms with Crippen LogP contribution in [-0.2, 0) is 4.74 Å². The van der Waals surface area contributed by atoms with Gasteiger partial charge in [-0.25, -0.2) is 4.79 Å². The fraction of sp³-hybridized carbons (Fsp3) is 0.263. The monoisotopic (exact) mass is 407 g/mol. The van der Waals surface area contributed by atoms with Crippen LogP contribution in [0.5, 0.6) is 0 Å². The predicted molar refractivity (Wildman–Crippen MR) is 107 cm³/mol. The lowest BCUT2D eigenvalue weighted by atomic mass is 10.2. The lowest BCUT2D eigenvalue weighted by Crippen LogP contribution is -2.35. The Morgan fingerprint density at radius 1 is 1.04 bits per heavy atom. The standard InChI is InChI=1S/C19H19Cl2N3O3/c20-12-3-8-16(17(21)10-12)18(25)23-13-4-6-14(7-5-13)24-19(26)22-11-15-2-1-9-27-15/h3-8,10,15H,1-2,9,11H2,(H,23,25)(H2,22,24,26). The fourth-order valence-electron chi connectivity index (χ4n) is 2.70. The molecule has 27 heavy (non-hydrogen) atoms. The van der Waals surface area contributed by atoms with Crippen molar-refractivity contribution in [3.8, 4) is 0 Å². The van der Waals surface area contributed by atoms with Gasteiger partial charge in [0.2, 0.25) is 0 Å². The van der Waals surface area contributed by atoms with Crippen molar-refractivity contribution in [2.75, 3.05) is 23.8 Å². The molecule has 0 saturated carbocycles. The highest BCUT2D eigenvalue weighted by Crippen LogP contribution is 2.22. The Morgan fingerprint density at radius 2 is 1.74 bits per heavy atom. The smallest absolute Gasteiger partial charge is 0.319 e. The van der Waals surface area contributed by atoms with Crippen LogP contribution in [0.1, 0.15) is 23.2 Å². The van der Waals surface area contributed by atoms with Gasteiger partial charge in [-0.15, -0.1) is 0 Å². The summed E-state index contributed by atoms with van der Waals surface area (Å²) in [4.78, 5) is 24.2. The minimum Gasteiger partial charge on any atom is -0.376 e. The van der Waals surface area contributed by atoms with Crippen molar-refractivity contribution in [2.24, 2.45) is 0 Å². The van der Waals surface area contributed by atoms with Crippen molar-refractivity contribution < 1.29 is 14.3 Å². The topological polar surface area (TPSA) is 79.5 Å². The normalized spacial score (nSPS) is 16.0. The Bertz CT molecular complexity index is 821. The number of urea groups is 1. The average Bonchev–Trinajstić information content (AvgIpc) is 3.15. The summed E-state index contributed by atoms with van der Waals surface area (Å²) < 4.78 is 5.46. The Labute approximate surface area is 167 Å². The molecule has 142 valence electrons. The molecule has 3 N–H and O–H groups in total. The molecular formula is C19H19Cl2N3O3. The highest BCUT2D eigenvalue weighted by molar-refractivity contribution is 6.37. The second-order valence-electron chi connectivity index (χ2n) is 6.13. The molecular weight excluding hydrogens is 389 g/mol. The van der Waals surface area contributed by atoms with Gasteiger partial charge in [0.1, 0.15) is 0 Å². The van der Waals surface area contributed by atoms with E-state index in [0.717, 1.165) is 19.4 Å². The number of carbonyl (C=O) groups is 2. The van der Waals surface area contributed by atoms with Crippen molar-refractivity contribution >= 4 is 46.5 Å². The average molecular weight is 408 g/mol. The molecule has 1 heterocycles. The first-order valence-corrected chi connectivity index (χ1v) is 9.30. The lowest BCUT2D eigenvalue weighted by Gasteiger charge is -2.12. The highest BCUT2D eigenvalue weighted by atomic mass is 35.5. The van der Waals surface area contributed by atoms with E-state index in [1.165, 1.54) is 6.07 Å². The van der Waals surface area contributed by atoms with E-state index in [0.29, 0.717) is 28.5 Å². The number of anilines is 2. The molecule has 0 radical (unpaired) electrons. The van der Waals surface area contributed by atoms with E-state index in [2.05, 4.69) is 16.0 Å². The molecule has 1 atom stereocenters. The van der Waals surface area contributed by atoms with E-state index in [1.807, 2.05) is 0 Å². The van der Waals surface area contributed by atoms with Crippen LogP contribution in [0.15, 0.2) is 42.5 Å². The first-order valence-electron chi connectivity index (χ1n) is 8.54. The molecule has 1 fully saturated rings. The number of rotatable bonds is 5.